The van der Waals surface area contributed by atoms with Crippen molar-refractivity contribution in [2.45, 2.75) is 66.2 Å². The Balaban J connectivity index is 1.66. The van der Waals surface area contributed by atoms with Gasteiger partial charge in [-0.2, -0.15) is 5.26 Å². The zero-order chi connectivity index (χ0) is 21.8. The molecule has 6 heteroatoms. The number of aromatic nitrogens is 1. The van der Waals surface area contributed by atoms with Crippen LogP contribution in [0.4, 0.5) is 0 Å². The van der Waals surface area contributed by atoms with E-state index in [0.717, 1.165) is 56.0 Å². The smallest absolute Gasteiger partial charge is 0.264 e. The Morgan fingerprint density at radius 1 is 1.30 bits per heavy atom. The van der Waals surface area contributed by atoms with E-state index in [1.807, 2.05) is 4.90 Å². The number of carbonyl (C=O) groups excluding carboxylic acids is 1. The largest absolute Gasteiger partial charge is 0.376 e. The second-order valence-corrected chi connectivity index (χ2v) is 9.20. The van der Waals surface area contributed by atoms with Crippen molar-refractivity contribution in [3.8, 4) is 6.07 Å². The van der Waals surface area contributed by atoms with Gasteiger partial charge in [-0.3, -0.25) is 9.69 Å². The van der Waals surface area contributed by atoms with E-state index in [0.29, 0.717) is 25.0 Å². The van der Waals surface area contributed by atoms with Crippen molar-refractivity contribution in [3.63, 3.8) is 0 Å². The Hall–Kier alpha value is -2.10. The van der Waals surface area contributed by atoms with E-state index in [-0.39, 0.29) is 17.6 Å². The number of hydrogen-bond acceptors (Lipinski definition) is 4. The van der Waals surface area contributed by atoms with Crippen LogP contribution in [0.1, 0.15) is 50.6 Å². The molecule has 3 rings (SSSR count). The summed E-state index contributed by atoms with van der Waals surface area (Å²) in [6.45, 7) is 15.7. The Bertz CT molecular complexity index is 825. The van der Waals surface area contributed by atoms with Crippen LogP contribution in [0.2, 0.25) is 0 Å². The van der Waals surface area contributed by atoms with E-state index in [1.54, 1.807) is 6.08 Å². The van der Waals surface area contributed by atoms with E-state index in [4.69, 9.17) is 4.74 Å². The first kappa shape index (κ1) is 22.6. The summed E-state index contributed by atoms with van der Waals surface area (Å²) >= 11 is 0. The number of rotatable bonds is 5. The van der Waals surface area contributed by atoms with Gasteiger partial charge in [-0.05, 0) is 57.2 Å². The number of likely N-dealkylation sites (tertiary alicyclic amines) is 1. The molecule has 2 saturated heterocycles. The number of morpholine rings is 1. The summed E-state index contributed by atoms with van der Waals surface area (Å²) in [5.41, 5.74) is 3.48. The molecule has 0 bridgehead atoms. The highest BCUT2D eigenvalue weighted by Gasteiger charge is 2.30. The number of piperidine rings is 1. The lowest BCUT2D eigenvalue weighted by molar-refractivity contribution is -0.128. The van der Waals surface area contributed by atoms with Crippen molar-refractivity contribution in [2.75, 3.05) is 32.8 Å². The molecule has 0 saturated carbocycles. The third kappa shape index (κ3) is 5.14. The molecule has 0 aromatic carbocycles. The SMILES string of the molecule is Cc1cc(/C=C(/C#N)C(=O)N2CCC(N3CCOC(C)C3)CC2)c(C)n1CC(C)C. The van der Waals surface area contributed by atoms with Gasteiger partial charge in [0, 0.05) is 50.2 Å². The molecule has 0 spiro atoms. The van der Waals surface area contributed by atoms with Crippen molar-refractivity contribution < 1.29 is 9.53 Å². The molecule has 164 valence electrons. The van der Waals surface area contributed by atoms with Gasteiger partial charge in [0.1, 0.15) is 11.6 Å². The zero-order valence-corrected chi connectivity index (χ0v) is 19.1. The molecule has 0 radical (unpaired) electrons. The van der Waals surface area contributed by atoms with Crippen LogP contribution in [-0.4, -0.2) is 65.2 Å². The van der Waals surface area contributed by atoms with Gasteiger partial charge in [0.2, 0.25) is 0 Å². The van der Waals surface area contributed by atoms with Crippen LogP contribution in [0.5, 0.6) is 0 Å². The summed E-state index contributed by atoms with van der Waals surface area (Å²) in [4.78, 5) is 17.4. The van der Waals surface area contributed by atoms with Crippen LogP contribution >= 0.6 is 0 Å². The fourth-order valence-electron chi connectivity index (χ4n) is 4.70. The normalized spacial score (nSPS) is 21.8. The highest BCUT2D eigenvalue weighted by Crippen LogP contribution is 2.23. The minimum absolute atomic E-state index is 0.139. The lowest BCUT2D eigenvalue weighted by Crippen LogP contribution is -2.51. The van der Waals surface area contributed by atoms with E-state index >= 15 is 0 Å². The molecule has 1 unspecified atom stereocenters. The van der Waals surface area contributed by atoms with Crippen molar-refractivity contribution in [3.05, 3.63) is 28.6 Å². The second kappa shape index (κ2) is 9.80. The van der Waals surface area contributed by atoms with Gasteiger partial charge >= 0.3 is 0 Å². The Kier molecular flexibility index (Phi) is 7.38. The first-order chi connectivity index (χ1) is 14.3. The second-order valence-electron chi connectivity index (χ2n) is 9.20. The average Bonchev–Trinajstić information content (AvgIpc) is 2.98. The van der Waals surface area contributed by atoms with Crippen LogP contribution in [0.25, 0.3) is 6.08 Å². The highest BCUT2D eigenvalue weighted by molar-refractivity contribution is 6.01. The molecule has 1 aromatic rings. The minimum atomic E-state index is -0.139. The van der Waals surface area contributed by atoms with E-state index < -0.39 is 0 Å². The predicted octanol–water partition coefficient (Wildman–Crippen LogP) is 3.38. The molecule has 1 aromatic heterocycles. The Labute approximate surface area is 181 Å². The molecule has 30 heavy (non-hydrogen) atoms. The third-order valence-electron chi connectivity index (χ3n) is 6.35. The van der Waals surface area contributed by atoms with Crippen molar-refractivity contribution in [2.24, 2.45) is 5.92 Å². The molecule has 2 aliphatic heterocycles. The summed E-state index contributed by atoms with van der Waals surface area (Å²) in [6, 6.07) is 4.74. The monoisotopic (exact) mass is 412 g/mol. The number of hydrogen-bond donors (Lipinski definition) is 0. The van der Waals surface area contributed by atoms with Crippen molar-refractivity contribution >= 4 is 12.0 Å². The van der Waals surface area contributed by atoms with E-state index in [2.05, 4.69) is 56.2 Å². The van der Waals surface area contributed by atoms with Gasteiger partial charge in [-0.1, -0.05) is 13.8 Å². The lowest BCUT2D eigenvalue weighted by atomic mass is 10.0. The van der Waals surface area contributed by atoms with Crippen LogP contribution in [0.15, 0.2) is 11.6 Å². The first-order valence-electron chi connectivity index (χ1n) is 11.2. The molecule has 2 aliphatic rings. The molecule has 2 fully saturated rings. The summed E-state index contributed by atoms with van der Waals surface area (Å²) in [5.74, 6) is 0.402. The van der Waals surface area contributed by atoms with E-state index in [1.165, 1.54) is 0 Å². The summed E-state index contributed by atoms with van der Waals surface area (Å²) in [5, 5.41) is 9.69. The van der Waals surface area contributed by atoms with Crippen LogP contribution in [0.3, 0.4) is 0 Å². The number of aryl methyl sites for hydroxylation is 1. The van der Waals surface area contributed by atoms with Crippen molar-refractivity contribution in [1.29, 1.82) is 5.26 Å². The number of nitriles is 1. The topological polar surface area (TPSA) is 61.5 Å². The average molecular weight is 413 g/mol. The molecular formula is C24H36N4O2. The Morgan fingerprint density at radius 2 is 2.00 bits per heavy atom. The van der Waals surface area contributed by atoms with Gasteiger partial charge in [-0.15, -0.1) is 0 Å². The van der Waals surface area contributed by atoms with Gasteiger partial charge in [-0.25, -0.2) is 0 Å². The zero-order valence-electron chi connectivity index (χ0n) is 19.1. The maximum absolute atomic E-state index is 13.0. The molecule has 1 amide bonds. The number of carbonyl (C=O) groups is 1. The molecule has 6 nitrogen and oxygen atoms in total. The highest BCUT2D eigenvalue weighted by atomic mass is 16.5. The molecule has 0 aliphatic carbocycles. The number of ether oxygens (including phenoxy) is 1. The standard InChI is InChI=1S/C24H36N4O2/c1-17(2)15-28-18(3)12-21(20(28)5)13-22(14-25)24(29)26-8-6-23(7-9-26)27-10-11-30-19(4)16-27/h12-13,17,19,23H,6-11,15-16H2,1-5H3/b22-13-. The maximum Gasteiger partial charge on any atom is 0.264 e. The molecule has 1 atom stereocenters. The maximum atomic E-state index is 13.0. The number of amides is 1. The van der Waals surface area contributed by atoms with Gasteiger partial charge in [0.25, 0.3) is 5.91 Å². The number of nitrogens with zero attached hydrogens (tertiary/aromatic N) is 4. The van der Waals surface area contributed by atoms with Gasteiger partial charge < -0.3 is 14.2 Å². The lowest BCUT2D eigenvalue weighted by Gasteiger charge is -2.41. The van der Waals surface area contributed by atoms with Gasteiger partial charge in [0.15, 0.2) is 0 Å². The first-order valence-corrected chi connectivity index (χ1v) is 11.2. The Morgan fingerprint density at radius 3 is 2.60 bits per heavy atom. The summed E-state index contributed by atoms with van der Waals surface area (Å²) < 4.78 is 7.92. The van der Waals surface area contributed by atoms with Crippen LogP contribution in [-0.2, 0) is 16.1 Å². The molecular weight excluding hydrogens is 376 g/mol. The van der Waals surface area contributed by atoms with E-state index in [9.17, 15) is 10.1 Å². The fourth-order valence-corrected chi connectivity index (χ4v) is 4.70. The summed E-state index contributed by atoms with van der Waals surface area (Å²) in [7, 11) is 0. The molecule has 0 N–H and O–H groups in total. The molecule has 3 heterocycles. The quantitative estimate of drug-likeness (QED) is 0.549. The van der Waals surface area contributed by atoms with Gasteiger partial charge in [0.05, 0.1) is 12.7 Å². The predicted molar refractivity (Wildman–Crippen MR) is 119 cm³/mol. The van der Waals surface area contributed by atoms with Crippen LogP contribution in [0, 0.1) is 31.1 Å². The van der Waals surface area contributed by atoms with Crippen molar-refractivity contribution in [1.82, 2.24) is 14.4 Å². The summed E-state index contributed by atoms with van der Waals surface area (Å²) in [6.07, 6.45) is 3.97. The fraction of sp³-hybridized carbons (Fsp3) is 0.667. The minimum Gasteiger partial charge on any atom is -0.376 e. The van der Waals surface area contributed by atoms with Crippen LogP contribution < -0.4 is 0 Å². The third-order valence-corrected chi connectivity index (χ3v) is 6.35.